The van der Waals surface area contributed by atoms with E-state index >= 15 is 0 Å². The van der Waals surface area contributed by atoms with Gasteiger partial charge in [0.15, 0.2) is 5.82 Å². The smallest absolute Gasteiger partial charge is 0.163 e. The van der Waals surface area contributed by atoms with Gasteiger partial charge >= 0.3 is 0 Å². The molecular weight excluding hydrogens is 330 g/mol. The van der Waals surface area contributed by atoms with E-state index in [2.05, 4.69) is 22.4 Å². The lowest BCUT2D eigenvalue weighted by molar-refractivity contribution is 1.11. The Morgan fingerprint density at radius 2 is 1.48 bits per heavy atom. The summed E-state index contributed by atoms with van der Waals surface area (Å²) in [6, 6.07) is 25.9. The van der Waals surface area contributed by atoms with Gasteiger partial charge in [-0.05, 0) is 29.8 Å². The lowest BCUT2D eigenvalue weighted by Gasteiger charge is -2.11. The van der Waals surface area contributed by atoms with Crippen LogP contribution in [0.5, 0.6) is 0 Å². The van der Waals surface area contributed by atoms with Crippen LogP contribution in [0.4, 0.5) is 5.82 Å². The number of halogens is 1. The molecule has 4 rings (SSSR count). The minimum absolute atomic E-state index is 0.625. The number of rotatable bonds is 4. The fraction of sp³-hybridized carbons (Fsp3) is 0.0476. The van der Waals surface area contributed by atoms with Gasteiger partial charge in [0.2, 0.25) is 0 Å². The number of fused-ring (bicyclic) bond motifs is 1. The van der Waals surface area contributed by atoms with Crippen LogP contribution in [0, 0.1) is 0 Å². The molecule has 0 saturated heterocycles. The van der Waals surface area contributed by atoms with Crippen LogP contribution >= 0.6 is 11.6 Å². The quantitative estimate of drug-likeness (QED) is 0.526. The number of anilines is 1. The van der Waals surface area contributed by atoms with Gasteiger partial charge in [-0.15, -0.1) is 0 Å². The second kappa shape index (κ2) is 6.91. The second-order valence-electron chi connectivity index (χ2n) is 5.73. The van der Waals surface area contributed by atoms with E-state index in [0.29, 0.717) is 17.4 Å². The zero-order chi connectivity index (χ0) is 17.1. The molecule has 1 aromatic heterocycles. The maximum Gasteiger partial charge on any atom is 0.163 e. The third-order valence-electron chi connectivity index (χ3n) is 4.02. The molecule has 122 valence electrons. The van der Waals surface area contributed by atoms with Crippen molar-refractivity contribution < 1.29 is 0 Å². The van der Waals surface area contributed by atoms with E-state index in [-0.39, 0.29) is 0 Å². The molecule has 4 aromatic rings. The van der Waals surface area contributed by atoms with E-state index < -0.39 is 0 Å². The Morgan fingerprint density at radius 3 is 2.32 bits per heavy atom. The van der Waals surface area contributed by atoms with Crippen molar-refractivity contribution in [1.82, 2.24) is 9.97 Å². The Kier molecular flexibility index (Phi) is 4.32. The molecule has 0 saturated carbocycles. The second-order valence-corrected chi connectivity index (χ2v) is 6.14. The Balaban J connectivity index is 1.78. The van der Waals surface area contributed by atoms with E-state index in [1.165, 1.54) is 5.56 Å². The highest BCUT2D eigenvalue weighted by Crippen LogP contribution is 2.29. The van der Waals surface area contributed by atoms with Crippen molar-refractivity contribution in [2.24, 2.45) is 0 Å². The molecule has 0 unspecified atom stereocenters. The third kappa shape index (κ3) is 3.32. The first kappa shape index (κ1) is 15.6. The van der Waals surface area contributed by atoms with Crippen LogP contribution in [0.2, 0.25) is 5.02 Å². The van der Waals surface area contributed by atoms with E-state index in [9.17, 15) is 0 Å². The van der Waals surface area contributed by atoms with Gasteiger partial charge in [-0.1, -0.05) is 66.2 Å². The average Bonchev–Trinajstić information content (AvgIpc) is 2.67. The summed E-state index contributed by atoms with van der Waals surface area (Å²) in [5.41, 5.74) is 2.92. The van der Waals surface area contributed by atoms with E-state index in [4.69, 9.17) is 16.6 Å². The molecular formula is C21H16ClN3. The number of benzene rings is 3. The van der Waals surface area contributed by atoms with Gasteiger partial charge in [-0.3, -0.25) is 0 Å². The number of nitrogens with one attached hydrogen (secondary N) is 1. The summed E-state index contributed by atoms with van der Waals surface area (Å²) < 4.78 is 0. The number of hydrogen-bond donors (Lipinski definition) is 1. The molecule has 3 nitrogen and oxygen atoms in total. The van der Waals surface area contributed by atoms with Gasteiger partial charge in [-0.2, -0.15) is 0 Å². The van der Waals surface area contributed by atoms with Gasteiger partial charge in [0.1, 0.15) is 5.82 Å². The largest absolute Gasteiger partial charge is 0.365 e. The fourth-order valence-corrected chi connectivity index (χ4v) is 2.98. The maximum absolute atomic E-state index is 6.33. The van der Waals surface area contributed by atoms with Crippen LogP contribution in [0.1, 0.15) is 5.56 Å². The molecule has 4 heteroatoms. The van der Waals surface area contributed by atoms with Crippen molar-refractivity contribution in [3.63, 3.8) is 0 Å². The lowest BCUT2D eigenvalue weighted by atomic mass is 10.1. The highest BCUT2D eigenvalue weighted by atomic mass is 35.5. The average molecular weight is 346 g/mol. The molecule has 0 bridgehead atoms. The predicted molar refractivity (Wildman–Crippen MR) is 104 cm³/mol. The SMILES string of the molecule is Clc1ccccc1-c1nc(NCc2ccccc2)c2ccccc2n1. The summed E-state index contributed by atoms with van der Waals surface area (Å²) >= 11 is 6.33. The van der Waals surface area contributed by atoms with Crippen molar-refractivity contribution in [2.45, 2.75) is 6.54 Å². The summed E-state index contributed by atoms with van der Waals surface area (Å²) in [5.74, 6) is 1.43. The van der Waals surface area contributed by atoms with Crippen molar-refractivity contribution >= 4 is 28.3 Å². The Morgan fingerprint density at radius 1 is 0.760 bits per heavy atom. The van der Waals surface area contributed by atoms with Crippen LogP contribution in [-0.4, -0.2) is 9.97 Å². The molecule has 0 aliphatic heterocycles. The molecule has 0 fully saturated rings. The normalized spacial score (nSPS) is 10.8. The molecule has 25 heavy (non-hydrogen) atoms. The molecule has 0 radical (unpaired) electrons. The van der Waals surface area contributed by atoms with Crippen LogP contribution in [0.25, 0.3) is 22.3 Å². The highest BCUT2D eigenvalue weighted by Gasteiger charge is 2.11. The molecule has 0 atom stereocenters. The van der Waals surface area contributed by atoms with Crippen LogP contribution in [0.3, 0.4) is 0 Å². The molecule has 0 spiro atoms. The molecule has 0 aliphatic carbocycles. The van der Waals surface area contributed by atoms with Crippen molar-refractivity contribution in [2.75, 3.05) is 5.32 Å². The molecule has 1 N–H and O–H groups in total. The van der Waals surface area contributed by atoms with E-state index in [0.717, 1.165) is 22.3 Å². The van der Waals surface area contributed by atoms with E-state index in [1.807, 2.05) is 66.7 Å². The number of aromatic nitrogens is 2. The molecule has 0 amide bonds. The van der Waals surface area contributed by atoms with Crippen LogP contribution in [0.15, 0.2) is 78.9 Å². The molecule has 1 heterocycles. The van der Waals surface area contributed by atoms with Crippen molar-refractivity contribution in [3.05, 3.63) is 89.4 Å². The van der Waals surface area contributed by atoms with E-state index in [1.54, 1.807) is 0 Å². The minimum atomic E-state index is 0.625. The van der Waals surface area contributed by atoms with Gasteiger partial charge in [-0.25, -0.2) is 9.97 Å². The highest BCUT2D eigenvalue weighted by molar-refractivity contribution is 6.33. The number of para-hydroxylation sites is 1. The molecule has 0 aliphatic rings. The minimum Gasteiger partial charge on any atom is -0.365 e. The Bertz CT molecular complexity index is 1020. The zero-order valence-electron chi connectivity index (χ0n) is 13.5. The fourth-order valence-electron chi connectivity index (χ4n) is 2.76. The van der Waals surface area contributed by atoms with Gasteiger partial charge in [0.05, 0.1) is 10.5 Å². The van der Waals surface area contributed by atoms with Crippen LogP contribution < -0.4 is 5.32 Å². The monoisotopic (exact) mass is 345 g/mol. The standard InChI is InChI=1S/C21H16ClN3/c22-18-12-6-4-10-16(18)21-24-19-13-7-5-11-17(19)20(25-21)23-14-15-8-2-1-3-9-15/h1-13H,14H2,(H,23,24,25). The Labute approximate surface area is 151 Å². The van der Waals surface area contributed by atoms with Gasteiger partial charge in [0.25, 0.3) is 0 Å². The summed E-state index contributed by atoms with van der Waals surface area (Å²) in [4.78, 5) is 9.43. The van der Waals surface area contributed by atoms with Crippen LogP contribution in [-0.2, 0) is 6.54 Å². The summed E-state index contributed by atoms with van der Waals surface area (Å²) in [7, 11) is 0. The Hall–Kier alpha value is -2.91. The summed E-state index contributed by atoms with van der Waals surface area (Å²) in [6.07, 6.45) is 0. The van der Waals surface area contributed by atoms with Gasteiger partial charge in [0, 0.05) is 17.5 Å². The zero-order valence-corrected chi connectivity index (χ0v) is 14.2. The van der Waals surface area contributed by atoms with Gasteiger partial charge < -0.3 is 5.32 Å². The first-order chi connectivity index (χ1) is 12.3. The summed E-state index contributed by atoms with van der Waals surface area (Å²) in [5, 5.41) is 5.08. The first-order valence-corrected chi connectivity index (χ1v) is 8.48. The first-order valence-electron chi connectivity index (χ1n) is 8.11. The third-order valence-corrected chi connectivity index (χ3v) is 4.35. The number of hydrogen-bond acceptors (Lipinski definition) is 3. The number of nitrogens with zero attached hydrogens (tertiary/aromatic N) is 2. The lowest BCUT2D eigenvalue weighted by Crippen LogP contribution is -2.04. The van der Waals surface area contributed by atoms with Crippen molar-refractivity contribution in [3.8, 4) is 11.4 Å². The topological polar surface area (TPSA) is 37.8 Å². The summed E-state index contributed by atoms with van der Waals surface area (Å²) in [6.45, 7) is 0.698. The predicted octanol–water partition coefficient (Wildman–Crippen LogP) is 5.56. The van der Waals surface area contributed by atoms with Crippen molar-refractivity contribution in [1.29, 1.82) is 0 Å². The molecule has 3 aromatic carbocycles. The maximum atomic E-state index is 6.33.